The predicted molar refractivity (Wildman–Crippen MR) is 79.0 cm³/mol. The Bertz CT molecular complexity index is 297. The summed E-state index contributed by atoms with van der Waals surface area (Å²) in [7, 11) is 0. The first-order valence-electron chi connectivity index (χ1n) is 7.66. The predicted octanol–water partition coefficient (Wildman–Crippen LogP) is 3.93. The summed E-state index contributed by atoms with van der Waals surface area (Å²) in [5, 5.41) is 0. The summed E-state index contributed by atoms with van der Waals surface area (Å²) in [4.78, 5) is 23.1. The van der Waals surface area contributed by atoms with Gasteiger partial charge in [-0.25, -0.2) is 0 Å². The van der Waals surface area contributed by atoms with Crippen molar-refractivity contribution in [3.63, 3.8) is 0 Å². The van der Waals surface area contributed by atoms with Gasteiger partial charge >= 0.3 is 11.9 Å². The van der Waals surface area contributed by atoms with E-state index in [0.29, 0.717) is 18.3 Å². The van der Waals surface area contributed by atoms with Crippen molar-refractivity contribution in [2.45, 2.75) is 73.5 Å². The molecule has 0 N–H and O–H groups in total. The maximum Gasteiger partial charge on any atom is 0.311 e. The lowest BCUT2D eigenvalue weighted by Gasteiger charge is -2.18. The van der Waals surface area contributed by atoms with Crippen LogP contribution in [0.3, 0.4) is 0 Å². The van der Waals surface area contributed by atoms with Crippen LogP contribution in [0, 0.1) is 17.8 Å². The van der Waals surface area contributed by atoms with Crippen molar-refractivity contribution in [3.05, 3.63) is 0 Å². The number of hydrogen-bond acceptors (Lipinski definition) is 4. The quantitative estimate of drug-likeness (QED) is 0.476. The van der Waals surface area contributed by atoms with Crippen molar-refractivity contribution in [2.75, 3.05) is 0 Å². The number of carbonyl (C=O) groups excluding carboxylic acids is 2. The SMILES string of the molecule is CC[C@@H](CCC(=O)OC(C)OC(=O)C(C)C)CC(C)C. The molecule has 0 spiro atoms. The number of carbonyl (C=O) groups is 2. The fraction of sp³-hybridized carbons (Fsp3) is 0.875. The molecule has 0 saturated carbocycles. The highest BCUT2D eigenvalue weighted by Crippen LogP contribution is 2.20. The molecule has 0 rings (SSSR count). The Hall–Kier alpha value is -1.06. The summed E-state index contributed by atoms with van der Waals surface area (Å²) in [6.07, 6.45) is 2.61. The molecule has 118 valence electrons. The molecule has 0 aliphatic heterocycles. The van der Waals surface area contributed by atoms with Crippen molar-refractivity contribution >= 4 is 11.9 Å². The monoisotopic (exact) mass is 286 g/mol. The Balaban J connectivity index is 4.00. The molecule has 0 aliphatic carbocycles. The molecule has 0 aromatic carbocycles. The second kappa shape index (κ2) is 9.78. The average molecular weight is 286 g/mol. The molecular weight excluding hydrogens is 256 g/mol. The Morgan fingerprint density at radius 1 is 1.00 bits per heavy atom. The van der Waals surface area contributed by atoms with E-state index < -0.39 is 6.29 Å². The van der Waals surface area contributed by atoms with Gasteiger partial charge in [0.05, 0.1) is 5.92 Å². The summed E-state index contributed by atoms with van der Waals surface area (Å²) in [5.74, 6) is 0.331. The van der Waals surface area contributed by atoms with Gasteiger partial charge in [0.1, 0.15) is 0 Å². The van der Waals surface area contributed by atoms with Gasteiger partial charge in [0, 0.05) is 13.3 Å². The standard InChI is InChI=1S/C16H30O4/c1-7-14(10-11(2)3)8-9-15(17)19-13(6)20-16(18)12(4)5/h11-14H,7-10H2,1-6H3/t13?,14-/m0/s1. The molecule has 0 heterocycles. The van der Waals surface area contributed by atoms with Crippen LogP contribution in [0.25, 0.3) is 0 Å². The van der Waals surface area contributed by atoms with Crippen molar-refractivity contribution in [3.8, 4) is 0 Å². The fourth-order valence-electron chi connectivity index (χ4n) is 2.05. The lowest BCUT2D eigenvalue weighted by molar-refractivity contribution is -0.186. The summed E-state index contributed by atoms with van der Waals surface area (Å²) in [6, 6.07) is 0. The van der Waals surface area contributed by atoms with Gasteiger partial charge in [0.15, 0.2) is 0 Å². The Morgan fingerprint density at radius 3 is 2.05 bits per heavy atom. The third-order valence-corrected chi connectivity index (χ3v) is 3.19. The topological polar surface area (TPSA) is 52.6 Å². The third-order valence-electron chi connectivity index (χ3n) is 3.19. The molecule has 0 radical (unpaired) electrons. The van der Waals surface area contributed by atoms with Crippen LogP contribution in [-0.4, -0.2) is 18.2 Å². The van der Waals surface area contributed by atoms with E-state index in [0.717, 1.165) is 19.3 Å². The Morgan fingerprint density at radius 2 is 1.60 bits per heavy atom. The van der Waals surface area contributed by atoms with Crippen LogP contribution in [0.1, 0.15) is 67.2 Å². The maximum atomic E-state index is 11.7. The lowest BCUT2D eigenvalue weighted by Crippen LogP contribution is -2.24. The lowest BCUT2D eigenvalue weighted by atomic mass is 9.91. The van der Waals surface area contributed by atoms with Gasteiger partial charge in [-0.1, -0.05) is 41.0 Å². The normalized spacial score (nSPS) is 14.2. The highest BCUT2D eigenvalue weighted by atomic mass is 16.7. The van der Waals surface area contributed by atoms with E-state index in [1.54, 1.807) is 20.8 Å². The molecular formula is C16H30O4. The van der Waals surface area contributed by atoms with E-state index in [9.17, 15) is 9.59 Å². The molecule has 0 aromatic rings. The zero-order valence-electron chi connectivity index (χ0n) is 13.8. The number of rotatable bonds is 9. The molecule has 0 saturated heterocycles. The number of esters is 2. The van der Waals surface area contributed by atoms with Crippen LogP contribution in [-0.2, 0) is 19.1 Å². The van der Waals surface area contributed by atoms with E-state index in [2.05, 4.69) is 20.8 Å². The van der Waals surface area contributed by atoms with E-state index in [4.69, 9.17) is 9.47 Å². The van der Waals surface area contributed by atoms with Crippen molar-refractivity contribution in [1.82, 2.24) is 0 Å². The molecule has 0 fully saturated rings. The van der Waals surface area contributed by atoms with Crippen LogP contribution in [0.2, 0.25) is 0 Å². The van der Waals surface area contributed by atoms with Crippen molar-refractivity contribution < 1.29 is 19.1 Å². The third kappa shape index (κ3) is 8.94. The zero-order valence-corrected chi connectivity index (χ0v) is 13.8. The fourth-order valence-corrected chi connectivity index (χ4v) is 2.05. The van der Waals surface area contributed by atoms with Crippen molar-refractivity contribution in [1.29, 1.82) is 0 Å². The van der Waals surface area contributed by atoms with Crippen LogP contribution >= 0.6 is 0 Å². The van der Waals surface area contributed by atoms with Crippen molar-refractivity contribution in [2.24, 2.45) is 17.8 Å². The summed E-state index contributed by atoms with van der Waals surface area (Å²) < 4.78 is 10.1. The molecule has 0 aromatic heterocycles. The number of ether oxygens (including phenoxy) is 2. The average Bonchev–Trinajstić information content (AvgIpc) is 2.33. The molecule has 4 nitrogen and oxygen atoms in total. The maximum absolute atomic E-state index is 11.7. The van der Waals surface area contributed by atoms with Gasteiger partial charge in [0.2, 0.25) is 6.29 Å². The molecule has 2 atom stereocenters. The summed E-state index contributed by atoms with van der Waals surface area (Å²) in [6.45, 7) is 11.6. The molecule has 0 aliphatic rings. The van der Waals surface area contributed by atoms with E-state index in [1.807, 2.05) is 0 Å². The first-order valence-corrected chi connectivity index (χ1v) is 7.66. The van der Waals surface area contributed by atoms with Gasteiger partial charge in [-0.05, 0) is 24.7 Å². The van der Waals surface area contributed by atoms with Crippen LogP contribution in [0.5, 0.6) is 0 Å². The largest absolute Gasteiger partial charge is 0.425 e. The Labute approximate surface area is 123 Å². The van der Waals surface area contributed by atoms with Gasteiger partial charge in [-0.15, -0.1) is 0 Å². The van der Waals surface area contributed by atoms with E-state index in [1.165, 1.54) is 0 Å². The second-order valence-corrected chi connectivity index (χ2v) is 6.09. The summed E-state index contributed by atoms with van der Waals surface area (Å²) >= 11 is 0. The van der Waals surface area contributed by atoms with Gasteiger partial charge < -0.3 is 9.47 Å². The zero-order chi connectivity index (χ0) is 15.7. The Kier molecular flexibility index (Phi) is 9.26. The van der Waals surface area contributed by atoms with Crippen LogP contribution in [0.15, 0.2) is 0 Å². The first kappa shape index (κ1) is 18.9. The molecule has 0 bridgehead atoms. The molecule has 1 unspecified atom stereocenters. The molecule has 0 amide bonds. The van der Waals surface area contributed by atoms with E-state index in [-0.39, 0.29) is 17.9 Å². The second-order valence-electron chi connectivity index (χ2n) is 6.09. The van der Waals surface area contributed by atoms with Gasteiger partial charge in [-0.3, -0.25) is 9.59 Å². The first-order chi connectivity index (χ1) is 9.26. The highest BCUT2D eigenvalue weighted by Gasteiger charge is 2.17. The summed E-state index contributed by atoms with van der Waals surface area (Å²) in [5.41, 5.74) is 0. The minimum atomic E-state index is -0.803. The van der Waals surface area contributed by atoms with Crippen LogP contribution < -0.4 is 0 Å². The minimum absolute atomic E-state index is 0.216. The highest BCUT2D eigenvalue weighted by molar-refractivity contribution is 5.72. The van der Waals surface area contributed by atoms with Crippen LogP contribution in [0.4, 0.5) is 0 Å². The molecule has 4 heteroatoms. The van der Waals surface area contributed by atoms with Gasteiger partial charge in [0.25, 0.3) is 0 Å². The minimum Gasteiger partial charge on any atom is -0.425 e. The number of hydrogen-bond donors (Lipinski definition) is 0. The van der Waals surface area contributed by atoms with Gasteiger partial charge in [-0.2, -0.15) is 0 Å². The van der Waals surface area contributed by atoms with E-state index >= 15 is 0 Å². The smallest absolute Gasteiger partial charge is 0.311 e. The molecule has 20 heavy (non-hydrogen) atoms.